The number of amides is 4. The van der Waals surface area contributed by atoms with E-state index in [9.17, 15) is 19.2 Å². The molecule has 9 nitrogen and oxygen atoms in total. The van der Waals surface area contributed by atoms with Crippen molar-refractivity contribution in [2.75, 3.05) is 10.6 Å². The predicted octanol–water partition coefficient (Wildman–Crippen LogP) is 1.78. The van der Waals surface area contributed by atoms with Crippen LogP contribution in [0.4, 0.5) is 11.4 Å². The number of primary amides is 2. The Hall–Kier alpha value is -4.53. The molecule has 0 aliphatic heterocycles. The summed E-state index contributed by atoms with van der Waals surface area (Å²) in [6.45, 7) is 0. The Bertz CT molecular complexity index is 1050. The number of para-hydroxylation sites is 2. The molecule has 0 radical (unpaired) electrons. The highest BCUT2D eigenvalue weighted by Crippen LogP contribution is 2.17. The Balaban J connectivity index is 1.74. The van der Waals surface area contributed by atoms with Gasteiger partial charge < -0.3 is 22.1 Å². The third kappa shape index (κ3) is 4.47. The van der Waals surface area contributed by atoms with Crippen molar-refractivity contribution in [2.45, 2.75) is 0 Å². The van der Waals surface area contributed by atoms with E-state index in [0.29, 0.717) is 0 Å². The van der Waals surface area contributed by atoms with Gasteiger partial charge in [-0.05, 0) is 36.4 Å². The van der Waals surface area contributed by atoms with Gasteiger partial charge in [-0.2, -0.15) is 0 Å². The van der Waals surface area contributed by atoms with Gasteiger partial charge in [0.05, 0.1) is 28.1 Å². The van der Waals surface area contributed by atoms with E-state index in [0.717, 1.165) is 0 Å². The Morgan fingerprint density at radius 3 is 1.63 bits per heavy atom. The maximum absolute atomic E-state index is 12.4. The number of carbonyl (C=O) groups excluding carboxylic acids is 4. The summed E-state index contributed by atoms with van der Waals surface area (Å²) in [7, 11) is 0. The second kappa shape index (κ2) is 8.65. The van der Waals surface area contributed by atoms with Gasteiger partial charge in [0.1, 0.15) is 5.69 Å². The van der Waals surface area contributed by atoms with Crippen LogP contribution in [-0.4, -0.2) is 28.6 Å². The first-order valence-electron chi connectivity index (χ1n) is 8.73. The van der Waals surface area contributed by atoms with Crippen molar-refractivity contribution in [1.29, 1.82) is 0 Å². The number of benzene rings is 2. The molecule has 150 valence electrons. The lowest BCUT2D eigenvalue weighted by Crippen LogP contribution is -2.20. The molecule has 0 unspecified atom stereocenters. The van der Waals surface area contributed by atoms with Gasteiger partial charge in [0.2, 0.25) is 0 Å². The molecule has 0 saturated carbocycles. The van der Waals surface area contributed by atoms with Crippen LogP contribution in [0, 0.1) is 0 Å². The van der Waals surface area contributed by atoms with Crippen LogP contribution in [0.2, 0.25) is 0 Å². The first-order chi connectivity index (χ1) is 14.4. The predicted molar refractivity (Wildman–Crippen MR) is 110 cm³/mol. The van der Waals surface area contributed by atoms with Gasteiger partial charge in [-0.15, -0.1) is 0 Å². The summed E-state index contributed by atoms with van der Waals surface area (Å²) in [4.78, 5) is 51.7. The van der Waals surface area contributed by atoms with Crippen LogP contribution in [0.5, 0.6) is 0 Å². The topological polar surface area (TPSA) is 157 Å². The fourth-order valence-electron chi connectivity index (χ4n) is 2.66. The third-order valence-electron chi connectivity index (χ3n) is 4.14. The van der Waals surface area contributed by atoms with Crippen LogP contribution in [0.1, 0.15) is 41.6 Å². The van der Waals surface area contributed by atoms with Crippen molar-refractivity contribution in [3.63, 3.8) is 0 Å². The summed E-state index contributed by atoms with van der Waals surface area (Å²) < 4.78 is 0. The molecule has 2 aromatic carbocycles. The molecule has 3 aromatic rings. The highest BCUT2D eigenvalue weighted by molar-refractivity contribution is 6.10. The van der Waals surface area contributed by atoms with E-state index < -0.39 is 23.6 Å². The summed E-state index contributed by atoms with van der Waals surface area (Å²) in [6, 6.07) is 15.4. The number of nitrogens with zero attached hydrogens (tertiary/aromatic N) is 1. The summed E-state index contributed by atoms with van der Waals surface area (Å²) in [6.07, 6.45) is 1.22. The number of pyridine rings is 1. The van der Waals surface area contributed by atoms with Crippen LogP contribution in [-0.2, 0) is 0 Å². The van der Waals surface area contributed by atoms with E-state index in [1.165, 1.54) is 36.5 Å². The molecular formula is C21H17N5O4. The fourth-order valence-corrected chi connectivity index (χ4v) is 2.66. The van der Waals surface area contributed by atoms with E-state index in [1.54, 1.807) is 30.3 Å². The van der Waals surface area contributed by atoms with Crippen LogP contribution in [0.15, 0.2) is 66.9 Å². The van der Waals surface area contributed by atoms with E-state index in [1.807, 2.05) is 0 Å². The summed E-state index contributed by atoms with van der Waals surface area (Å²) >= 11 is 0. The molecule has 0 spiro atoms. The summed E-state index contributed by atoms with van der Waals surface area (Å²) in [5.41, 5.74) is 11.6. The van der Waals surface area contributed by atoms with Crippen molar-refractivity contribution in [1.82, 2.24) is 4.98 Å². The second-order valence-electron chi connectivity index (χ2n) is 6.16. The number of hydrogen-bond donors (Lipinski definition) is 4. The molecule has 0 fully saturated rings. The molecule has 30 heavy (non-hydrogen) atoms. The van der Waals surface area contributed by atoms with Crippen LogP contribution >= 0.6 is 0 Å². The number of anilines is 2. The van der Waals surface area contributed by atoms with Crippen molar-refractivity contribution in [2.24, 2.45) is 11.5 Å². The van der Waals surface area contributed by atoms with Crippen molar-refractivity contribution in [3.8, 4) is 0 Å². The molecule has 6 N–H and O–H groups in total. The van der Waals surface area contributed by atoms with E-state index in [2.05, 4.69) is 15.6 Å². The molecule has 1 aromatic heterocycles. The van der Waals surface area contributed by atoms with Crippen LogP contribution < -0.4 is 22.1 Å². The Labute approximate surface area is 171 Å². The van der Waals surface area contributed by atoms with Crippen LogP contribution in [0.3, 0.4) is 0 Å². The van der Waals surface area contributed by atoms with E-state index in [4.69, 9.17) is 11.5 Å². The molecule has 0 aliphatic rings. The van der Waals surface area contributed by atoms with Crippen molar-refractivity contribution in [3.05, 3.63) is 89.2 Å². The maximum atomic E-state index is 12.4. The lowest BCUT2D eigenvalue weighted by Gasteiger charge is -2.10. The lowest BCUT2D eigenvalue weighted by molar-refractivity contribution is 0.0989. The zero-order valence-electron chi connectivity index (χ0n) is 15.6. The SMILES string of the molecule is NC(=O)c1ccccc1NC(=O)c1ccc(C(=O)Nc2ccccc2C(N)=O)nc1. The average Bonchev–Trinajstić information content (AvgIpc) is 2.74. The smallest absolute Gasteiger partial charge is 0.274 e. The minimum atomic E-state index is -0.679. The second-order valence-corrected chi connectivity index (χ2v) is 6.16. The van der Waals surface area contributed by atoms with Gasteiger partial charge in [-0.25, -0.2) is 0 Å². The average molecular weight is 403 g/mol. The highest BCUT2D eigenvalue weighted by Gasteiger charge is 2.15. The minimum absolute atomic E-state index is 0.0309. The van der Waals surface area contributed by atoms with Gasteiger partial charge in [-0.3, -0.25) is 24.2 Å². The number of aromatic nitrogens is 1. The molecule has 0 atom stereocenters. The van der Waals surface area contributed by atoms with Gasteiger partial charge in [0.25, 0.3) is 23.6 Å². The largest absolute Gasteiger partial charge is 0.366 e. The molecular weight excluding hydrogens is 386 g/mol. The molecule has 1 heterocycles. The fraction of sp³-hybridized carbons (Fsp3) is 0. The Kier molecular flexibility index (Phi) is 5.83. The Morgan fingerprint density at radius 2 is 1.17 bits per heavy atom. The molecule has 0 saturated heterocycles. The lowest BCUT2D eigenvalue weighted by atomic mass is 10.1. The van der Waals surface area contributed by atoms with Gasteiger partial charge in [0.15, 0.2) is 0 Å². The third-order valence-corrected chi connectivity index (χ3v) is 4.14. The molecule has 4 amide bonds. The molecule has 9 heteroatoms. The zero-order chi connectivity index (χ0) is 21.7. The molecule has 0 aliphatic carbocycles. The first-order valence-corrected chi connectivity index (χ1v) is 8.73. The molecule has 0 bridgehead atoms. The van der Waals surface area contributed by atoms with Gasteiger partial charge in [0, 0.05) is 6.20 Å². The standard InChI is InChI=1S/C21H17N5O4/c22-18(27)13-5-1-3-7-15(13)25-20(29)12-9-10-17(24-11-12)21(30)26-16-8-4-2-6-14(16)19(23)28/h1-11H,(H2,22,27)(H2,23,28)(H,25,29)(H,26,30). The first kappa shape index (κ1) is 20.2. The van der Waals surface area contributed by atoms with E-state index in [-0.39, 0.29) is 33.8 Å². The van der Waals surface area contributed by atoms with Gasteiger partial charge in [-0.1, -0.05) is 24.3 Å². The molecule has 3 rings (SSSR count). The highest BCUT2D eigenvalue weighted by atomic mass is 16.2. The number of hydrogen-bond acceptors (Lipinski definition) is 5. The number of rotatable bonds is 6. The summed E-state index contributed by atoms with van der Waals surface area (Å²) in [5.74, 6) is -2.45. The monoisotopic (exact) mass is 403 g/mol. The van der Waals surface area contributed by atoms with Crippen LogP contribution in [0.25, 0.3) is 0 Å². The summed E-state index contributed by atoms with van der Waals surface area (Å²) in [5, 5.41) is 5.15. The quantitative estimate of drug-likeness (QED) is 0.493. The van der Waals surface area contributed by atoms with Gasteiger partial charge >= 0.3 is 0 Å². The maximum Gasteiger partial charge on any atom is 0.274 e. The number of carbonyl (C=O) groups is 4. The number of nitrogens with two attached hydrogens (primary N) is 2. The normalized spacial score (nSPS) is 10.1. The Morgan fingerprint density at radius 1 is 0.667 bits per heavy atom. The minimum Gasteiger partial charge on any atom is -0.366 e. The van der Waals surface area contributed by atoms with Crippen molar-refractivity contribution >= 4 is 35.0 Å². The zero-order valence-corrected chi connectivity index (χ0v) is 15.6. The van der Waals surface area contributed by atoms with E-state index >= 15 is 0 Å². The number of nitrogens with one attached hydrogen (secondary N) is 2. The van der Waals surface area contributed by atoms with Crippen molar-refractivity contribution < 1.29 is 19.2 Å².